The second-order valence-corrected chi connectivity index (χ2v) is 4.13. The average Bonchev–Trinajstić information content (AvgIpc) is 2.41. The quantitative estimate of drug-likeness (QED) is 0.799. The molecule has 90 valence electrons. The summed E-state index contributed by atoms with van der Waals surface area (Å²) < 4.78 is 0. The Bertz CT molecular complexity index is 378. The minimum atomic E-state index is 0.486. The number of hydrogen-bond acceptors (Lipinski definition) is 3. The molecule has 17 heavy (non-hydrogen) atoms. The zero-order valence-electron chi connectivity index (χ0n) is 9.93. The van der Waals surface area contributed by atoms with Gasteiger partial charge in [0.05, 0.1) is 0 Å². The van der Waals surface area contributed by atoms with Crippen molar-refractivity contribution in [3.63, 3.8) is 0 Å². The van der Waals surface area contributed by atoms with Gasteiger partial charge in [0.15, 0.2) is 0 Å². The van der Waals surface area contributed by atoms with Crippen LogP contribution in [0.25, 0.3) is 6.08 Å². The molecule has 1 heterocycles. The number of aldehydes is 1. The van der Waals surface area contributed by atoms with Crippen LogP contribution in [0.3, 0.4) is 0 Å². The van der Waals surface area contributed by atoms with Gasteiger partial charge in [-0.2, -0.15) is 0 Å². The van der Waals surface area contributed by atoms with Crippen LogP contribution in [0.15, 0.2) is 30.3 Å². The molecule has 0 saturated carbocycles. The van der Waals surface area contributed by atoms with E-state index in [1.165, 1.54) is 5.69 Å². The summed E-state index contributed by atoms with van der Waals surface area (Å²) in [5.74, 6) is 0. The summed E-state index contributed by atoms with van der Waals surface area (Å²) in [5.41, 5.74) is 2.42. The van der Waals surface area contributed by atoms with Crippen molar-refractivity contribution in [1.29, 1.82) is 0 Å². The molecule has 0 radical (unpaired) electrons. The van der Waals surface area contributed by atoms with Gasteiger partial charge >= 0.3 is 0 Å². The summed E-state index contributed by atoms with van der Waals surface area (Å²) in [5, 5.41) is 3.34. The highest BCUT2D eigenvalue weighted by atomic mass is 16.1. The third kappa shape index (κ3) is 3.43. The summed E-state index contributed by atoms with van der Waals surface area (Å²) in [6.45, 7) is 4.25. The van der Waals surface area contributed by atoms with Gasteiger partial charge in [0, 0.05) is 38.3 Å². The topological polar surface area (TPSA) is 32.3 Å². The molecule has 0 aliphatic carbocycles. The first kappa shape index (κ1) is 11.9. The van der Waals surface area contributed by atoms with Gasteiger partial charge < -0.3 is 15.0 Å². The highest BCUT2D eigenvalue weighted by Gasteiger charge is 2.09. The van der Waals surface area contributed by atoms with Crippen LogP contribution in [0.4, 0.5) is 5.69 Å². The lowest BCUT2D eigenvalue weighted by Crippen LogP contribution is -2.43. The van der Waals surface area contributed by atoms with Gasteiger partial charge in [-0.1, -0.05) is 24.3 Å². The zero-order valence-corrected chi connectivity index (χ0v) is 9.93. The number of piperazine rings is 1. The Labute approximate surface area is 102 Å². The van der Waals surface area contributed by atoms with E-state index in [0.717, 1.165) is 38.0 Å². The summed E-state index contributed by atoms with van der Waals surface area (Å²) >= 11 is 0. The minimum absolute atomic E-state index is 0.486. The number of hydrogen-bond donors (Lipinski definition) is 1. The predicted molar refractivity (Wildman–Crippen MR) is 71.2 cm³/mol. The Balaban J connectivity index is 1.99. The van der Waals surface area contributed by atoms with E-state index in [0.29, 0.717) is 6.42 Å². The van der Waals surface area contributed by atoms with Gasteiger partial charge in [0.25, 0.3) is 0 Å². The number of anilines is 1. The Morgan fingerprint density at radius 2 is 1.88 bits per heavy atom. The van der Waals surface area contributed by atoms with Gasteiger partial charge in [-0.3, -0.25) is 0 Å². The molecular formula is C14H18N2O. The molecule has 0 unspecified atom stereocenters. The van der Waals surface area contributed by atoms with E-state index in [2.05, 4.69) is 34.5 Å². The standard InChI is InChI=1S/C14H18N2O/c17-12-2-1-3-13-4-6-14(7-5-13)16-10-8-15-9-11-16/h1,3-7,12,15H,2,8-11H2. The number of nitrogens with zero attached hydrogens (tertiary/aromatic N) is 1. The normalized spacial score (nSPS) is 16.4. The van der Waals surface area contributed by atoms with E-state index in [4.69, 9.17) is 0 Å². The smallest absolute Gasteiger partial charge is 0.123 e. The molecule has 1 aromatic rings. The fraction of sp³-hybridized carbons (Fsp3) is 0.357. The monoisotopic (exact) mass is 230 g/mol. The second-order valence-electron chi connectivity index (χ2n) is 4.13. The molecule has 1 aromatic carbocycles. The van der Waals surface area contributed by atoms with Crippen LogP contribution in [-0.2, 0) is 4.79 Å². The molecule has 0 aromatic heterocycles. The van der Waals surface area contributed by atoms with Crippen molar-refractivity contribution in [2.45, 2.75) is 6.42 Å². The first-order valence-electron chi connectivity index (χ1n) is 6.06. The van der Waals surface area contributed by atoms with Gasteiger partial charge in [0.1, 0.15) is 6.29 Å². The van der Waals surface area contributed by atoms with Crippen molar-refractivity contribution in [2.75, 3.05) is 31.1 Å². The molecule has 1 N–H and O–H groups in total. The molecule has 1 fully saturated rings. The fourth-order valence-electron chi connectivity index (χ4n) is 1.98. The number of carbonyl (C=O) groups excluding carboxylic acids is 1. The number of benzene rings is 1. The molecule has 0 spiro atoms. The molecule has 1 saturated heterocycles. The van der Waals surface area contributed by atoms with Crippen LogP contribution < -0.4 is 10.2 Å². The van der Waals surface area contributed by atoms with E-state index >= 15 is 0 Å². The van der Waals surface area contributed by atoms with Crippen molar-refractivity contribution < 1.29 is 4.79 Å². The van der Waals surface area contributed by atoms with Gasteiger partial charge in [0.2, 0.25) is 0 Å². The van der Waals surface area contributed by atoms with Crippen LogP contribution in [0.1, 0.15) is 12.0 Å². The lowest BCUT2D eigenvalue weighted by atomic mass is 10.1. The molecule has 2 rings (SSSR count). The maximum atomic E-state index is 10.2. The summed E-state index contributed by atoms with van der Waals surface area (Å²) in [7, 11) is 0. The Morgan fingerprint density at radius 3 is 2.53 bits per heavy atom. The summed E-state index contributed by atoms with van der Waals surface area (Å²) in [6, 6.07) is 8.48. The predicted octanol–water partition coefficient (Wildman–Crippen LogP) is 1.70. The molecule has 1 aliphatic rings. The second kappa shape index (κ2) is 6.21. The lowest BCUT2D eigenvalue weighted by Gasteiger charge is -2.29. The highest BCUT2D eigenvalue weighted by molar-refractivity contribution is 5.60. The molecule has 3 nitrogen and oxygen atoms in total. The molecule has 0 bridgehead atoms. The van der Waals surface area contributed by atoms with E-state index in [1.54, 1.807) is 0 Å². The summed E-state index contributed by atoms with van der Waals surface area (Å²) in [6.07, 6.45) is 5.26. The Kier molecular flexibility index (Phi) is 4.33. The Hall–Kier alpha value is -1.61. The van der Waals surface area contributed by atoms with Crippen molar-refractivity contribution in [2.24, 2.45) is 0 Å². The van der Waals surface area contributed by atoms with Gasteiger partial charge in [-0.05, 0) is 17.7 Å². The maximum Gasteiger partial charge on any atom is 0.123 e. The average molecular weight is 230 g/mol. The van der Waals surface area contributed by atoms with Crippen LogP contribution in [0, 0.1) is 0 Å². The number of carbonyl (C=O) groups is 1. The minimum Gasteiger partial charge on any atom is -0.369 e. The third-order valence-corrected chi connectivity index (χ3v) is 2.92. The SMILES string of the molecule is O=CCC=Cc1ccc(N2CCNCC2)cc1. The lowest BCUT2D eigenvalue weighted by molar-refractivity contribution is -0.107. The van der Waals surface area contributed by atoms with Crippen molar-refractivity contribution in [1.82, 2.24) is 5.32 Å². The molecule has 3 heteroatoms. The number of rotatable bonds is 4. The first-order valence-corrected chi connectivity index (χ1v) is 6.06. The van der Waals surface area contributed by atoms with Crippen molar-refractivity contribution in [3.8, 4) is 0 Å². The van der Waals surface area contributed by atoms with E-state index in [9.17, 15) is 4.79 Å². The molecule has 0 amide bonds. The molecular weight excluding hydrogens is 212 g/mol. The number of nitrogens with one attached hydrogen (secondary N) is 1. The molecule has 0 atom stereocenters. The Morgan fingerprint density at radius 1 is 1.18 bits per heavy atom. The van der Waals surface area contributed by atoms with E-state index in [1.807, 2.05) is 12.2 Å². The van der Waals surface area contributed by atoms with Crippen molar-refractivity contribution >= 4 is 18.0 Å². The van der Waals surface area contributed by atoms with Gasteiger partial charge in [-0.25, -0.2) is 0 Å². The van der Waals surface area contributed by atoms with E-state index < -0.39 is 0 Å². The summed E-state index contributed by atoms with van der Waals surface area (Å²) in [4.78, 5) is 12.6. The third-order valence-electron chi connectivity index (χ3n) is 2.92. The van der Waals surface area contributed by atoms with Crippen LogP contribution >= 0.6 is 0 Å². The largest absolute Gasteiger partial charge is 0.369 e. The van der Waals surface area contributed by atoms with Crippen LogP contribution in [-0.4, -0.2) is 32.5 Å². The fourth-order valence-corrected chi connectivity index (χ4v) is 1.98. The van der Waals surface area contributed by atoms with Gasteiger partial charge in [-0.15, -0.1) is 0 Å². The van der Waals surface area contributed by atoms with Crippen LogP contribution in [0.5, 0.6) is 0 Å². The zero-order chi connectivity index (χ0) is 11.9. The first-order chi connectivity index (χ1) is 8.40. The maximum absolute atomic E-state index is 10.2. The molecule has 1 aliphatic heterocycles. The van der Waals surface area contributed by atoms with E-state index in [-0.39, 0.29) is 0 Å². The van der Waals surface area contributed by atoms with Crippen molar-refractivity contribution in [3.05, 3.63) is 35.9 Å². The van der Waals surface area contributed by atoms with Crippen LogP contribution in [0.2, 0.25) is 0 Å². The highest BCUT2D eigenvalue weighted by Crippen LogP contribution is 2.16. The number of allylic oxidation sites excluding steroid dienone is 1.